The summed E-state index contributed by atoms with van der Waals surface area (Å²) in [6, 6.07) is 10.7. The molecule has 1 aliphatic heterocycles. The molecule has 1 aromatic carbocycles. The first-order chi connectivity index (χ1) is 16.9. The lowest BCUT2D eigenvalue weighted by Gasteiger charge is -2.58. The topological polar surface area (TPSA) is 102 Å². The molecule has 35 heavy (non-hydrogen) atoms. The summed E-state index contributed by atoms with van der Waals surface area (Å²) in [5.41, 5.74) is 0.208. The first-order valence-corrected chi connectivity index (χ1v) is 12.3. The summed E-state index contributed by atoms with van der Waals surface area (Å²) in [5, 5.41) is 16.9. The summed E-state index contributed by atoms with van der Waals surface area (Å²) in [7, 11) is 1.61. The Hall–Kier alpha value is -3.13. The molecular weight excluding hydrogens is 448 g/mol. The number of furan rings is 1. The summed E-state index contributed by atoms with van der Waals surface area (Å²) in [4.78, 5) is 26.5. The Bertz CT molecular complexity index is 1140. The number of rotatable bonds is 6. The van der Waals surface area contributed by atoms with E-state index in [2.05, 4.69) is 5.10 Å². The number of nitrogens with zero attached hydrogens (tertiary/aromatic N) is 2. The van der Waals surface area contributed by atoms with Crippen LogP contribution in [0.5, 0.6) is 5.75 Å². The minimum absolute atomic E-state index is 0.355. The van der Waals surface area contributed by atoms with Gasteiger partial charge < -0.3 is 19.0 Å². The zero-order valence-electron chi connectivity index (χ0n) is 19.8. The van der Waals surface area contributed by atoms with Crippen LogP contribution < -0.4 is 4.74 Å². The van der Waals surface area contributed by atoms with Crippen molar-refractivity contribution in [2.45, 2.75) is 56.6 Å². The molecule has 7 rings (SSSR count). The Morgan fingerprint density at radius 2 is 1.89 bits per heavy atom. The van der Waals surface area contributed by atoms with E-state index in [1.54, 1.807) is 19.4 Å². The summed E-state index contributed by atoms with van der Waals surface area (Å²) in [6.07, 6.45) is 6.63. The number of benzene rings is 1. The molecule has 0 saturated heterocycles. The molecule has 4 aliphatic carbocycles. The maximum Gasteiger partial charge on any atom is 0.312 e. The van der Waals surface area contributed by atoms with Crippen molar-refractivity contribution in [3.8, 4) is 5.75 Å². The van der Waals surface area contributed by atoms with Crippen molar-refractivity contribution in [2.24, 2.45) is 22.4 Å². The van der Waals surface area contributed by atoms with Crippen LogP contribution >= 0.6 is 0 Å². The van der Waals surface area contributed by atoms with Crippen LogP contribution in [0.15, 0.2) is 52.2 Å². The van der Waals surface area contributed by atoms with Crippen LogP contribution in [-0.2, 0) is 14.3 Å². The Morgan fingerprint density at radius 3 is 2.51 bits per heavy atom. The highest BCUT2D eigenvalue weighted by atomic mass is 16.5. The van der Waals surface area contributed by atoms with E-state index >= 15 is 0 Å². The number of methoxy groups -OCH3 is 1. The van der Waals surface area contributed by atoms with E-state index in [1.807, 2.05) is 30.3 Å². The molecule has 0 spiro atoms. The van der Waals surface area contributed by atoms with Crippen molar-refractivity contribution in [3.05, 3.63) is 54.0 Å². The van der Waals surface area contributed by atoms with E-state index in [1.165, 1.54) is 5.01 Å². The molecule has 3 atom stereocenters. The van der Waals surface area contributed by atoms with Crippen LogP contribution in [0.25, 0.3) is 0 Å². The highest BCUT2D eigenvalue weighted by molar-refractivity contribution is 6.03. The van der Waals surface area contributed by atoms with E-state index in [4.69, 9.17) is 13.9 Å². The number of hydrogen-bond acceptors (Lipinski definition) is 7. The predicted molar refractivity (Wildman–Crippen MR) is 125 cm³/mol. The maximum absolute atomic E-state index is 13.3. The van der Waals surface area contributed by atoms with Gasteiger partial charge in [0.2, 0.25) is 0 Å². The number of carbonyl (C=O) groups is 2. The second kappa shape index (κ2) is 8.22. The fourth-order valence-electron chi connectivity index (χ4n) is 7.20. The van der Waals surface area contributed by atoms with Gasteiger partial charge in [-0.1, -0.05) is 0 Å². The molecule has 8 heteroatoms. The van der Waals surface area contributed by atoms with E-state index in [0.717, 1.165) is 49.1 Å². The number of hydrogen-bond donors (Lipinski definition) is 1. The van der Waals surface area contributed by atoms with Crippen molar-refractivity contribution in [2.75, 3.05) is 13.7 Å². The van der Waals surface area contributed by atoms with E-state index in [0.29, 0.717) is 30.4 Å². The van der Waals surface area contributed by atoms with Gasteiger partial charge in [-0.3, -0.25) is 9.59 Å². The Morgan fingerprint density at radius 1 is 1.14 bits per heavy atom. The molecule has 2 aromatic rings. The largest absolute Gasteiger partial charge is 0.497 e. The van der Waals surface area contributed by atoms with Crippen molar-refractivity contribution in [1.29, 1.82) is 0 Å². The van der Waals surface area contributed by atoms with E-state index in [9.17, 15) is 14.7 Å². The van der Waals surface area contributed by atoms with E-state index < -0.39 is 23.0 Å². The monoisotopic (exact) mass is 478 g/mol. The number of amides is 1. The Kier molecular flexibility index (Phi) is 5.25. The highest BCUT2D eigenvalue weighted by Crippen LogP contribution is 2.62. The average molecular weight is 479 g/mol. The van der Waals surface area contributed by atoms with Gasteiger partial charge in [-0.05, 0) is 92.3 Å². The van der Waals surface area contributed by atoms with Crippen LogP contribution in [-0.4, -0.2) is 47.0 Å². The van der Waals surface area contributed by atoms with Crippen LogP contribution in [0.4, 0.5) is 0 Å². The lowest BCUT2D eigenvalue weighted by atomic mass is 9.48. The number of esters is 1. The standard InChI is InChI=1S/C27H30N2O6/c1-33-20-6-4-19(5-7-20)21-10-22(23-3-2-8-34-23)29(28-21)24(30)15-35-25(31)26-11-17-9-18(12-26)14-27(32,13-17)16-26/h2-8,17-18,22,32H,9-16H2,1H3. The number of ether oxygens (including phenoxy) is 2. The van der Waals surface area contributed by atoms with E-state index in [-0.39, 0.29) is 12.6 Å². The van der Waals surface area contributed by atoms with Crippen LogP contribution in [0, 0.1) is 17.3 Å². The third kappa shape index (κ3) is 3.93. The van der Waals surface area contributed by atoms with Gasteiger partial charge in [0.25, 0.3) is 5.91 Å². The third-order valence-corrected chi connectivity index (χ3v) is 8.25. The summed E-state index contributed by atoms with van der Waals surface area (Å²) >= 11 is 0. The minimum atomic E-state index is -0.760. The molecule has 184 valence electrons. The molecule has 3 unspecified atom stereocenters. The molecule has 2 heterocycles. The molecule has 4 saturated carbocycles. The number of carbonyl (C=O) groups excluding carboxylic acids is 2. The zero-order valence-corrected chi connectivity index (χ0v) is 19.8. The van der Waals surface area contributed by atoms with Gasteiger partial charge in [0, 0.05) is 6.42 Å². The van der Waals surface area contributed by atoms with Crippen LogP contribution in [0.3, 0.4) is 0 Å². The quantitative estimate of drug-likeness (QED) is 0.633. The molecule has 1 N–H and O–H groups in total. The SMILES string of the molecule is COc1ccc(C2=NN(C(=O)COC(=O)C34CC5CC(CC(O)(C5)C3)C4)C(c3ccco3)C2)cc1. The smallest absolute Gasteiger partial charge is 0.312 e. The van der Waals surface area contributed by atoms with Gasteiger partial charge in [0.1, 0.15) is 17.6 Å². The molecule has 4 fully saturated rings. The molecule has 8 nitrogen and oxygen atoms in total. The normalized spacial score (nSPS) is 33.0. The third-order valence-electron chi connectivity index (χ3n) is 8.25. The first kappa shape index (κ1) is 22.3. The molecule has 4 bridgehead atoms. The summed E-state index contributed by atoms with van der Waals surface area (Å²) < 4.78 is 16.5. The molecular formula is C27H30N2O6. The van der Waals surface area contributed by atoms with Gasteiger partial charge in [0.15, 0.2) is 6.61 Å². The lowest BCUT2D eigenvalue weighted by molar-refractivity contribution is -0.197. The Labute approximate surface area is 203 Å². The van der Waals surface area contributed by atoms with Crippen LogP contribution in [0.1, 0.15) is 62.3 Å². The van der Waals surface area contributed by atoms with Gasteiger partial charge in [-0.25, -0.2) is 5.01 Å². The fraction of sp³-hybridized carbons (Fsp3) is 0.519. The van der Waals surface area contributed by atoms with Crippen molar-refractivity contribution < 1.29 is 28.6 Å². The predicted octanol–water partition coefficient (Wildman–Crippen LogP) is 3.84. The summed E-state index contributed by atoms with van der Waals surface area (Å²) in [5.74, 6) is 1.34. The summed E-state index contributed by atoms with van der Waals surface area (Å²) in [6.45, 7) is -0.384. The highest BCUT2D eigenvalue weighted by Gasteiger charge is 2.61. The second-order valence-corrected chi connectivity index (χ2v) is 10.8. The second-order valence-electron chi connectivity index (χ2n) is 10.8. The van der Waals surface area contributed by atoms with Gasteiger partial charge in [-0.15, -0.1) is 0 Å². The first-order valence-electron chi connectivity index (χ1n) is 12.3. The van der Waals surface area contributed by atoms with Gasteiger partial charge in [-0.2, -0.15) is 5.10 Å². The molecule has 1 aromatic heterocycles. The molecule has 1 amide bonds. The minimum Gasteiger partial charge on any atom is -0.497 e. The average Bonchev–Trinajstić information content (AvgIpc) is 3.51. The Balaban J connectivity index is 1.18. The zero-order chi connectivity index (χ0) is 24.2. The van der Waals surface area contributed by atoms with Gasteiger partial charge in [0.05, 0.1) is 30.1 Å². The van der Waals surface area contributed by atoms with Crippen LogP contribution in [0.2, 0.25) is 0 Å². The lowest BCUT2D eigenvalue weighted by Crippen LogP contribution is -2.58. The molecule has 5 aliphatic rings. The number of aliphatic hydroxyl groups is 1. The molecule has 0 radical (unpaired) electrons. The number of hydrazone groups is 1. The van der Waals surface area contributed by atoms with Crippen molar-refractivity contribution in [3.63, 3.8) is 0 Å². The van der Waals surface area contributed by atoms with Crippen molar-refractivity contribution in [1.82, 2.24) is 5.01 Å². The maximum atomic E-state index is 13.3. The van der Waals surface area contributed by atoms with Gasteiger partial charge >= 0.3 is 5.97 Å². The fourth-order valence-corrected chi connectivity index (χ4v) is 7.20. The van der Waals surface area contributed by atoms with Crippen molar-refractivity contribution >= 4 is 17.6 Å².